The van der Waals surface area contributed by atoms with Crippen molar-refractivity contribution in [3.63, 3.8) is 0 Å². The molecule has 2 N–H and O–H groups in total. The minimum atomic E-state index is -0.926. The van der Waals surface area contributed by atoms with Crippen molar-refractivity contribution in [1.29, 1.82) is 0 Å². The summed E-state index contributed by atoms with van der Waals surface area (Å²) in [7, 11) is 3.05. The lowest BCUT2D eigenvalue weighted by Gasteiger charge is -2.23. The molecule has 1 saturated heterocycles. The molecule has 206 valence electrons. The Hall–Kier alpha value is -4.79. The van der Waals surface area contributed by atoms with Crippen LogP contribution in [0.2, 0.25) is 0 Å². The number of nitrogens with one attached hydrogen (secondary N) is 1. The number of benzene rings is 3. The molecule has 3 aromatic carbocycles. The number of H-pyrrole nitrogens is 1. The normalized spacial score (nSPS) is 16.6. The van der Waals surface area contributed by atoms with E-state index < -0.39 is 17.7 Å². The first-order valence-electron chi connectivity index (χ1n) is 12.9. The second kappa shape index (κ2) is 10.8. The van der Waals surface area contributed by atoms with Gasteiger partial charge in [-0.2, -0.15) is 0 Å². The maximum absolute atomic E-state index is 13.6. The summed E-state index contributed by atoms with van der Waals surface area (Å²) in [6.07, 6.45) is 0. The van der Waals surface area contributed by atoms with Crippen molar-refractivity contribution in [3.05, 3.63) is 82.9 Å². The first-order chi connectivity index (χ1) is 19.2. The molecule has 1 unspecified atom stereocenters. The van der Waals surface area contributed by atoms with Crippen LogP contribution < -0.4 is 19.1 Å². The van der Waals surface area contributed by atoms with E-state index in [0.717, 1.165) is 5.56 Å². The molecule has 2 heterocycles. The summed E-state index contributed by atoms with van der Waals surface area (Å²) in [4.78, 5) is 36.2. The molecule has 0 radical (unpaired) electrons. The molecule has 9 heteroatoms. The van der Waals surface area contributed by atoms with Gasteiger partial charge in [0.25, 0.3) is 5.78 Å². The van der Waals surface area contributed by atoms with E-state index in [1.54, 1.807) is 36.4 Å². The van der Waals surface area contributed by atoms with Crippen LogP contribution in [-0.2, 0) is 9.59 Å². The molecule has 5 rings (SSSR count). The van der Waals surface area contributed by atoms with Crippen molar-refractivity contribution in [2.75, 3.05) is 25.7 Å². The molecule has 1 fully saturated rings. The van der Waals surface area contributed by atoms with Crippen LogP contribution in [0.3, 0.4) is 0 Å². The second-order valence-corrected chi connectivity index (χ2v) is 10.1. The van der Waals surface area contributed by atoms with E-state index in [1.807, 2.05) is 45.0 Å². The fourth-order valence-corrected chi connectivity index (χ4v) is 4.80. The van der Waals surface area contributed by atoms with Crippen molar-refractivity contribution in [1.82, 2.24) is 9.97 Å². The zero-order valence-corrected chi connectivity index (χ0v) is 23.0. The number of ether oxygens (including phenoxy) is 3. The number of aryl methyl sites for hydroxylation is 1. The van der Waals surface area contributed by atoms with Crippen LogP contribution in [0.5, 0.6) is 17.2 Å². The summed E-state index contributed by atoms with van der Waals surface area (Å²) < 4.78 is 16.6. The van der Waals surface area contributed by atoms with Crippen molar-refractivity contribution in [2.45, 2.75) is 26.8 Å². The van der Waals surface area contributed by atoms with Crippen molar-refractivity contribution in [3.8, 4) is 17.2 Å². The number of hydrogen-bond donors (Lipinski definition) is 2. The predicted octanol–water partition coefficient (Wildman–Crippen LogP) is 5.55. The van der Waals surface area contributed by atoms with E-state index in [9.17, 15) is 14.7 Å². The Kier molecular flexibility index (Phi) is 7.21. The van der Waals surface area contributed by atoms with Crippen molar-refractivity contribution < 1.29 is 28.9 Å². The highest BCUT2D eigenvalue weighted by molar-refractivity contribution is 6.51. The van der Waals surface area contributed by atoms with E-state index in [4.69, 9.17) is 14.2 Å². The Bertz CT molecular complexity index is 1600. The van der Waals surface area contributed by atoms with Gasteiger partial charge in [-0.1, -0.05) is 55.8 Å². The lowest BCUT2D eigenvalue weighted by Crippen LogP contribution is -2.30. The first-order valence-corrected chi connectivity index (χ1v) is 12.9. The van der Waals surface area contributed by atoms with Crippen LogP contribution in [0.4, 0.5) is 5.95 Å². The van der Waals surface area contributed by atoms with Gasteiger partial charge >= 0.3 is 5.91 Å². The molecule has 40 heavy (non-hydrogen) atoms. The van der Waals surface area contributed by atoms with E-state index in [-0.39, 0.29) is 17.3 Å². The topological polar surface area (TPSA) is 114 Å². The lowest BCUT2D eigenvalue weighted by molar-refractivity contribution is -0.132. The zero-order valence-electron chi connectivity index (χ0n) is 23.0. The number of ketones is 1. The third kappa shape index (κ3) is 4.86. The van der Waals surface area contributed by atoms with Crippen LogP contribution >= 0.6 is 0 Å². The number of imidazole rings is 1. The highest BCUT2D eigenvalue weighted by Gasteiger charge is 2.48. The molecule has 9 nitrogen and oxygen atoms in total. The Labute approximate surface area is 232 Å². The van der Waals surface area contributed by atoms with Gasteiger partial charge in [0.05, 0.1) is 43.5 Å². The van der Waals surface area contributed by atoms with Gasteiger partial charge in [0.15, 0.2) is 11.5 Å². The maximum atomic E-state index is 13.6. The van der Waals surface area contributed by atoms with Gasteiger partial charge in [-0.15, -0.1) is 0 Å². The summed E-state index contributed by atoms with van der Waals surface area (Å²) >= 11 is 0. The minimum absolute atomic E-state index is 0.0350. The largest absolute Gasteiger partial charge is 0.507 e. The first kappa shape index (κ1) is 26.8. The molecule has 1 atom stereocenters. The standard InChI is InChI=1S/C31H31N3O6/c1-17(2)16-40-21-11-7-10-20(13-21)28(35)26-27(19-9-6-8-18(3)12-19)34(30(37)29(26)36)31-32-22-14-24(38-4)25(39-5)15-23(22)33-31/h6-15,17,27,35H,16H2,1-5H3,(H,32,33)/b28-26+. The number of rotatable bonds is 8. The molecule has 1 aromatic heterocycles. The lowest BCUT2D eigenvalue weighted by atomic mass is 9.94. The maximum Gasteiger partial charge on any atom is 0.302 e. The number of amides is 1. The number of hydrogen-bond acceptors (Lipinski definition) is 7. The predicted molar refractivity (Wildman–Crippen MR) is 152 cm³/mol. The number of nitrogens with zero attached hydrogens (tertiary/aromatic N) is 2. The number of anilines is 1. The van der Waals surface area contributed by atoms with Gasteiger partial charge < -0.3 is 24.3 Å². The van der Waals surface area contributed by atoms with E-state index in [2.05, 4.69) is 9.97 Å². The third-order valence-electron chi connectivity index (χ3n) is 6.70. The zero-order chi connectivity index (χ0) is 28.6. The average molecular weight is 542 g/mol. The van der Waals surface area contributed by atoms with E-state index in [1.165, 1.54) is 19.1 Å². The summed E-state index contributed by atoms with van der Waals surface area (Å²) in [5.74, 6) is 0.0824. The molecular formula is C31H31N3O6. The number of Topliss-reactive ketones (excluding diaryl/α,β-unsaturated/α-hetero) is 1. The smallest absolute Gasteiger partial charge is 0.302 e. The highest BCUT2D eigenvalue weighted by atomic mass is 16.5. The van der Waals surface area contributed by atoms with Gasteiger partial charge in [-0.05, 0) is 30.5 Å². The van der Waals surface area contributed by atoms with Crippen molar-refractivity contribution in [2.24, 2.45) is 5.92 Å². The molecule has 1 amide bonds. The number of aliphatic hydroxyl groups is 1. The minimum Gasteiger partial charge on any atom is -0.507 e. The monoisotopic (exact) mass is 541 g/mol. The Morgan fingerprint density at radius 2 is 1.75 bits per heavy atom. The summed E-state index contributed by atoms with van der Waals surface area (Å²) in [5.41, 5.74) is 3.04. The van der Waals surface area contributed by atoms with Gasteiger partial charge in [0.1, 0.15) is 11.5 Å². The summed E-state index contributed by atoms with van der Waals surface area (Å²) in [5, 5.41) is 11.5. The molecule has 1 aliphatic rings. The fraction of sp³-hybridized carbons (Fsp3) is 0.258. The number of aromatic amines is 1. The van der Waals surface area contributed by atoms with Gasteiger partial charge in [-0.3, -0.25) is 14.5 Å². The van der Waals surface area contributed by atoms with Crippen LogP contribution in [0, 0.1) is 12.8 Å². The highest BCUT2D eigenvalue weighted by Crippen LogP contribution is 2.43. The number of aromatic nitrogens is 2. The Morgan fingerprint density at radius 3 is 2.45 bits per heavy atom. The van der Waals surface area contributed by atoms with Crippen LogP contribution in [0.15, 0.2) is 66.2 Å². The second-order valence-electron chi connectivity index (χ2n) is 10.1. The van der Waals surface area contributed by atoms with Crippen LogP contribution in [0.1, 0.15) is 36.6 Å². The number of aliphatic hydroxyl groups excluding tert-OH is 1. The van der Waals surface area contributed by atoms with Crippen LogP contribution in [0.25, 0.3) is 16.8 Å². The molecule has 0 aliphatic carbocycles. The number of carbonyl (C=O) groups excluding carboxylic acids is 2. The molecule has 4 aromatic rings. The van der Waals surface area contributed by atoms with Crippen LogP contribution in [-0.4, -0.2) is 47.6 Å². The molecular weight excluding hydrogens is 510 g/mol. The number of fused-ring (bicyclic) bond motifs is 1. The molecule has 0 spiro atoms. The Balaban J connectivity index is 1.67. The van der Waals surface area contributed by atoms with Crippen molar-refractivity contribution >= 4 is 34.4 Å². The molecule has 0 saturated carbocycles. The fourth-order valence-electron chi connectivity index (χ4n) is 4.80. The molecule has 0 bridgehead atoms. The van der Waals surface area contributed by atoms with Gasteiger partial charge in [0.2, 0.25) is 5.95 Å². The quantitative estimate of drug-likeness (QED) is 0.171. The summed E-state index contributed by atoms with van der Waals surface area (Å²) in [6, 6.07) is 16.8. The number of carbonyl (C=O) groups is 2. The Morgan fingerprint density at radius 1 is 1.02 bits per heavy atom. The number of methoxy groups -OCH3 is 2. The van der Waals surface area contributed by atoms with Gasteiger partial charge in [0, 0.05) is 17.7 Å². The molecule has 1 aliphatic heterocycles. The third-order valence-corrected chi connectivity index (χ3v) is 6.70. The van der Waals surface area contributed by atoms with E-state index in [0.29, 0.717) is 51.9 Å². The van der Waals surface area contributed by atoms with E-state index >= 15 is 0 Å². The summed E-state index contributed by atoms with van der Waals surface area (Å²) in [6.45, 7) is 6.50. The average Bonchev–Trinajstić information content (AvgIpc) is 3.48. The van der Waals surface area contributed by atoms with Gasteiger partial charge in [-0.25, -0.2) is 4.98 Å². The SMILES string of the molecule is COc1cc2nc(N3C(=O)C(=O)/C(=C(/O)c4cccc(OCC(C)C)c4)C3c3cccc(C)c3)[nH]c2cc1OC.